The van der Waals surface area contributed by atoms with Crippen LogP contribution in [0, 0.1) is 6.92 Å². The quantitative estimate of drug-likeness (QED) is 0.482. The van der Waals surface area contributed by atoms with Gasteiger partial charge in [0, 0.05) is 4.47 Å². The van der Waals surface area contributed by atoms with E-state index in [0.29, 0.717) is 13.2 Å². The molecule has 8 heteroatoms. The minimum atomic E-state index is -0.472. The third kappa shape index (κ3) is 3.55. The van der Waals surface area contributed by atoms with E-state index in [1.54, 1.807) is 0 Å². The number of nitrogens with two attached hydrogens (primary N) is 1. The van der Waals surface area contributed by atoms with Gasteiger partial charge < -0.3 is 4.74 Å². The predicted molar refractivity (Wildman–Crippen MR) is 76.0 cm³/mol. The van der Waals surface area contributed by atoms with Crippen LogP contribution in [0.1, 0.15) is 16.1 Å². The lowest BCUT2D eigenvalue weighted by atomic mass is 10.2. The van der Waals surface area contributed by atoms with E-state index in [2.05, 4.69) is 26.2 Å². The van der Waals surface area contributed by atoms with E-state index in [1.165, 1.54) is 10.9 Å². The molecule has 1 aromatic heterocycles. The zero-order valence-electron chi connectivity index (χ0n) is 10.8. The SMILES string of the molecule is Cc1ccc(Br)cc1OCCn1cc(C(=O)NN)nn1. The summed E-state index contributed by atoms with van der Waals surface area (Å²) in [5.41, 5.74) is 3.22. The molecule has 0 atom stereocenters. The summed E-state index contributed by atoms with van der Waals surface area (Å²) >= 11 is 3.40. The highest BCUT2D eigenvalue weighted by molar-refractivity contribution is 9.10. The Hall–Kier alpha value is -1.93. The van der Waals surface area contributed by atoms with E-state index >= 15 is 0 Å². The number of halogens is 1. The zero-order valence-corrected chi connectivity index (χ0v) is 12.4. The van der Waals surface area contributed by atoms with Crippen LogP contribution in [-0.2, 0) is 6.54 Å². The van der Waals surface area contributed by atoms with Crippen molar-refractivity contribution in [3.05, 3.63) is 40.1 Å². The normalized spacial score (nSPS) is 10.3. The van der Waals surface area contributed by atoms with Crippen LogP contribution in [0.5, 0.6) is 5.75 Å². The number of aryl methyl sites for hydroxylation is 1. The molecule has 0 saturated carbocycles. The Labute approximate surface area is 124 Å². The summed E-state index contributed by atoms with van der Waals surface area (Å²) in [6.45, 7) is 2.88. The molecule has 106 valence electrons. The van der Waals surface area contributed by atoms with Crippen molar-refractivity contribution >= 4 is 21.8 Å². The van der Waals surface area contributed by atoms with Crippen molar-refractivity contribution in [3.8, 4) is 5.75 Å². The van der Waals surface area contributed by atoms with Crippen molar-refractivity contribution < 1.29 is 9.53 Å². The minimum Gasteiger partial charge on any atom is -0.491 e. The zero-order chi connectivity index (χ0) is 14.5. The van der Waals surface area contributed by atoms with Gasteiger partial charge in [0.25, 0.3) is 5.91 Å². The molecule has 1 amide bonds. The van der Waals surface area contributed by atoms with Crippen LogP contribution in [-0.4, -0.2) is 27.5 Å². The number of hydrogen-bond donors (Lipinski definition) is 2. The van der Waals surface area contributed by atoms with Crippen molar-refractivity contribution in [2.24, 2.45) is 5.84 Å². The van der Waals surface area contributed by atoms with Gasteiger partial charge in [-0.3, -0.25) is 10.2 Å². The first kappa shape index (κ1) is 14.5. The van der Waals surface area contributed by atoms with Crippen molar-refractivity contribution in [3.63, 3.8) is 0 Å². The molecule has 0 aliphatic heterocycles. The second kappa shape index (κ2) is 6.49. The second-order valence-corrected chi connectivity index (χ2v) is 5.01. The Morgan fingerprint density at radius 1 is 1.55 bits per heavy atom. The maximum absolute atomic E-state index is 11.2. The van der Waals surface area contributed by atoms with Crippen molar-refractivity contribution in [2.45, 2.75) is 13.5 Å². The Balaban J connectivity index is 1.91. The van der Waals surface area contributed by atoms with Gasteiger partial charge in [-0.2, -0.15) is 0 Å². The number of carbonyl (C=O) groups excluding carboxylic acids is 1. The molecule has 0 aliphatic rings. The molecule has 0 saturated heterocycles. The Bertz CT molecular complexity index is 614. The minimum absolute atomic E-state index is 0.172. The molecule has 20 heavy (non-hydrogen) atoms. The largest absolute Gasteiger partial charge is 0.491 e. The smallest absolute Gasteiger partial charge is 0.287 e. The van der Waals surface area contributed by atoms with Gasteiger partial charge in [0.05, 0.1) is 12.7 Å². The topological polar surface area (TPSA) is 95.1 Å². The summed E-state index contributed by atoms with van der Waals surface area (Å²) in [7, 11) is 0. The Morgan fingerprint density at radius 3 is 3.10 bits per heavy atom. The first-order chi connectivity index (χ1) is 9.60. The highest BCUT2D eigenvalue weighted by Gasteiger charge is 2.08. The number of nitrogens with zero attached hydrogens (tertiary/aromatic N) is 3. The monoisotopic (exact) mass is 339 g/mol. The first-order valence-electron chi connectivity index (χ1n) is 5.90. The van der Waals surface area contributed by atoms with Crippen LogP contribution in [0.2, 0.25) is 0 Å². The number of nitrogen functional groups attached to an aromatic ring is 1. The molecule has 7 nitrogen and oxygen atoms in total. The molecule has 2 aromatic rings. The molecule has 0 radical (unpaired) electrons. The van der Waals surface area contributed by atoms with Crippen LogP contribution in [0.3, 0.4) is 0 Å². The summed E-state index contributed by atoms with van der Waals surface area (Å²) in [5, 5.41) is 7.52. The third-order valence-corrected chi connectivity index (χ3v) is 3.12. The predicted octanol–water partition coefficient (Wildman–Crippen LogP) is 1.03. The molecular formula is C12H14BrN5O2. The van der Waals surface area contributed by atoms with Gasteiger partial charge >= 0.3 is 0 Å². The van der Waals surface area contributed by atoms with Gasteiger partial charge in [-0.25, -0.2) is 10.5 Å². The molecule has 3 N–H and O–H groups in total. The summed E-state index contributed by atoms with van der Waals surface area (Å²) in [4.78, 5) is 11.2. The van der Waals surface area contributed by atoms with Crippen molar-refractivity contribution in [2.75, 3.05) is 6.61 Å². The van der Waals surface area contributed by atoms with Gasteiger partial charge in [-0.05, 0) is 24.6 Å². The Kier molecular flexibility index (Phi) is 4.70. The van der Waals surface area contributed by atoms with E-state index < -0.39 is 5.91 Å². The summed E-state index contributed by atoms with van der Waals surface area (Å²) in [6.07, 6.45) is 1.51. The number of amides is 1. The maximum Gasteiger partial charge on any atom is 0.287 e. The van der Waals surface area contributed by atoms with Crippen molar-refractivity contribution in [1.82, 2.24) is 20.4 Å². The molecular weight excluding hydrogens is 326 g/mol. The van der Waals surface area contributed by atoms with Crippen LogP contribution in [0.15, 0.2) is 28.9 Å². The molecule has 2 rings (SSSR count). The highest BCUT2D eigenvalue weighted by Crippen LogP contribution is 2.22. The number of hydrogen-bond acceptors (Lipinski definition) is 5. The van der Waals surface area contributed by atoms with Gasteiger partial charge in [-0.1, -0.05) is 27.2 Å². The molecule has 0 bridgehead atoms. The molecule has 1 aromatic carbocycles. The van der Waals surface area contributed by atoms with E-state index in [1.807, 2.05) is 30.5 Å². The van der Waals surface area contributed by atoms with Gasteiger partial charge in [0.15, 0.2) is 5.69 Å². The summed E-state index contributed by atoms with van der Waals surface area (Å²) < 4.78 is 8.16. The average Bonchev–Trinajstić information content (AvgIpc) is 2.90. The van der Waals surface area contributed by atoms with Crippen LogP contribution >= 0.6 is 15.9 Å². The number of ether oxygens (including phenoxy) is 1. The fourth-order valence-electron chi connectivity index (χ4n) is 1.56. The molecule has 0 unspecified atom stereocenters. The van der Waals surface area contributed by atoms with Crippen LogP contribution in [0.4, 0.5) is 0 Å². The van der Waals surface area contributed by atoms with Gasteiger partial charge in [-0.15, -0.1) is 5.10 Å². The van der Waals surface area contributed by atoms with E-state index in [-0.39, 0.29) is 5.69 Å². The number of nitrogens with one attached hydrogen (secondary N) is 1. The van der Waals surface area contributed by atoms with E-state index in [4.69, 9.17) is 10.6 Å². The van der Waals surface area contributed by atoms with Gasteiger partial charge in [0.2, 0.25) is 0 Å². The fraction of sp³-hybridized carbons (Fsp3) is 0.250. The second-order valence-electron chi connectivity index (χ2n) is 4.10. The standard InChI is InChI=1S/C12H14BrN5O2/c1-8-2-3-9(13)6-11(8)20-5-4-18-7-10(16-17-18)12(19)15-14/h2-3,6-7H,4-5,14H2,1H3,(H,15,19). The molecule has 0 spiro atoms. The number of aromatic nitrogens is 3. The maximum atomic E-state index is 11.2. The lowest BCUT2D eigenvalue weighted by Crippen LogP contribution is -2.30. The molecule has 1 heterocycles. The van der Waals surface area contributed by atoms with Crippen LogP contribution < -0.4 is 16.0 Å². The number of carbonyl (C=O) groups is 1. The van der Waals surface area contributed by atoms with Crippen LogP contribution in [0.25, 0.3) is 0 Å². The molecule has 0 aliphatic carbocycles. The number of benzene rings is 1. The first-order valence-corrected chi connectivity index (χ1v) is 6.69. The van der Waals surface area contributed by atoms with Gasteiger partial charge in [0.1, 0.15) is 12.4 Å². The van der Waals surface area contributed by atoms with E-state index in [9.17, 15) is 4.79 Å². The number of rotatable bonds is 5. The highest BCUT2D eigenvalue weighted by atomic mass is 79.9. The summed E-state index contributed by atoms with van der Waals surface area (Å²) in [6, 6.07) is 5.83. The van der Waals surface area contributed by atoms with Crippen molar-refractivity contribution in [1.29, 1.82) is 0 Å². The third-order valence-electron chi connectivity index (χ3n) is 2.63. The van der Waals surface area contributed by atoms with E-state index in [0.717, 1.165) is 15.8 Å². The molecule has 0 fully saturated rings. The lowest BCUT2D eigenvalue weighted by molar-refractivity contribution is 0.0948. The Morgan fingerprint density at radius 2 is 2.35 bits per heavy atom. The summed E-state index contributed by atoms with van der Waals surface area (Å²) in [5.74, 6) is 5.35. The average molecular weight is 340 g/mol. The fourth-order valence-corrected chi connectivity index (χ4v) is 1.90. The lowest BCUT2D eigenvalue weighted by Gasteiger charge is -2.09. The number of hydrazine groups is 1.